The van der Waals surface area contributed by atoms with Gasteiger partial charge in [0.15, 0.2) is 0 Å². The van der Waals surface area contributed by atoms with Crippen molar-refractivity contribution in [2.24, 2.45) is 5.92 Å². The van der Waals surface area contributed by atoms with E-state index in [0.717, 1.165) is 0 Å². The summed E-state index contributed by atoms with van der Waals surface area (Å²) in [4.78, 5) is 27.7. The predicted molar refractivity (Wildman–Crippen MR) is 76.5 cm³/mol. The summed E-state index contributed by atoms with van der Waals surface area (Å²) in [7, 11) is 0. The molecule has 1 aromatic carbocycles. The molecule has 1 fully saturated rings. The summed E-state index contributed by atoms with van der Waals surface area (Å²) >= 11 is 0. The molecule has 1 aliphatic rings. The van der Waals surface area contributed by atoms with Gasteiger partial charge in [-0.1, -0.05) is 6.07 Å². The van der Waals surface area contributed by atoms with Crippen LogP contribution in [-0.4, -0.2) is 39.6 Å². The molecule has 8 heteroatoms. The van der Waals surface area contributed by atoms with Gasteiger partial charge in [-0.25, -0.2) is 4.79 Å². The molecule has 2 heterocycles. The number of alkyl halides is 3. The second-order valence-electron chi connectivity index (χ2n) is 5.46. The van der Waals surface area contributed by atoms with E-state index in [2.05, 4.69) is 4.98 Å². The molecule has 0 aliphatic carbocycles. The Morgan fingerprint density at radius 3 is 2.70 bits per heavy atom. The molecule has 1 saturated heterocycles. The van der Waals surface area contributed by atoms with Crippen molar-refractivity contribution in [2.45, 2.75) is 12.6 Å². The lowest BCUT2D eigenvalue weighted by atomic mass is 10.1. The van der Waals surface area contributed by atoms with E-state index in [1.165, 1.54) is 34.0 Å². The van der Waals surface area contributed by atoms with Crippen LogP contribution in [-0.2, 0) is 0 Å². The highest BCUT2D eigenvalue weighted by Crippen LogP contribution is 2.34. The number of rotatable bonds is 2. The fourth-order valence-corrected chi connectivity index (χ4v) is 2.71. The van der Waals surface area contributed by atoms with Gasteiger partial charge in [-0.3, -0.25) is 9.36 Å². The average molecular weight is 325 g/mol. The third-order valence-corrected chi connectivity index (χ3v) is 3.96. The largest absolute Gasteiger partial charge is 0.393 e. The van der Waals surface area contributed by atoms with Crippen molar-refractivity contribution >= 4 is 5.91 Å². The number of nitrogens with one attached hydrogen (secondary N) is 1. The highest BCUT2D eigenvalue weighted by Gasteiger charge is 2.44. The fraction of sp³-hybridized carbons (Fsp3) is 0.333. The highest BCUT2D eigenvalue weighted by atomic mass is 19.4. The van der Waals surface area contributed by atoms with Crippen LogP contribution in [0.5, 0.6) is 0 Å². The van der Waals surface area contributed by atoms with E-state index in [4.69, 9.17) is 0 Å². The number of hydrogen-bond acceptors (Lipinski definition) is 2. The van der Waals surface area contributed by atoms with Crippen molar-refractivity contribution in [3.8, 4) is 5.69 Å². The quantitative estimate of drug-likeness (QED) is 0.920. The van der Waals surface area contributed by atoms with Crippen LogP contribution in [0.1, 0.15) is 16.8 Å². The van der Waals surface area contributed by atoms with Gasteiger partial charge in [-0.05, 0) is 24.6 Å². The van der Waals surface area contributed by atoms with E-state index in [9.17, 15) is 22.8 Å². The second kappa shape index (κ2) is 5.60. The maximum Gasteiger partial charge on any atom is 0.393 e. The molecule has 5 nitrogen and oxygen atoms in total. The van der Waals surface area contributed by atoms with Gasteiger partial charge in [-0.2, -0.15) is 13.2 Å². The minimum atomic E-state index is -4.28. The number of H-pyrrole nitrogens is 1. The summed E-state index contributed by atoms with van der Waals surface area (Å²) in [6.07, 6.45) is -1.38. The molecule has 0 radical (unpaired) electrons. The van der Waals surface area contributed by atoms with Gasteiger partial charge in [0, 0.05) is 31.0 Å². The Balaban J connectivity index is 1.82. The number of carbonyl (C=O) groups is 1. The van der Waals surface area contributed by atoms with Crippen LogP contribution < -0.4 is 5.69 Å². The topological polar surface area (TPSA) is 58.1 Å². The van der Waals surface area contributed by atoms with Gasteiger partial charge >= 0.3 is 11.9 Å². The smallest absolute Gasteiger partial charge is 0.338 e. The lowest BCUT2D eigenvalue weighted by molar-refractivity contribution is -0.169. The van der Waals surface area contributed by atoms with E-state index in [1.807, 2.05) is 0 Å². The number of carbonyl (C=O) groups excluding carboxylic acids is 1. The summed E-state index contributed by atoms with van der Waals surface area (Å²) in [6, 6.07) is 6.27. The fourth-order valence-electron chi connectivity index (χ4n) is 2.71. The second-order valence-corrected chi connectivity index (χ2v) is 5.46. The number of aromatic nitrogens is 2. The van der Waals surface area contributed by atoms with E-state index in [1.54, 1.807) is 12.1 Å². The first-order valence-corrected chi connectivity index (χ1v) is 7.09. The number of nitrogens with zero attached hydrogens (tertiary/aromatic N) is 2. The van der Waals surface area contributed by atoms with Crippen molar-refractivity contribution in [1.82, 2.24) is 14.5 Å². The molecule has 1 atom stereocenters. The van der Waals surface area contributed by atoms with Gasteiger partial charge in [-0.15, -0.1) is 0 Å². The molecule has 2 aromatic rings. The molecule has 122 valence electrons. The minimum absolute atomic E-state index is 0.0772. The van der Waals surface area contributed by atoms with Crippen LogP contribution in [0.4, 0.5) is 13.2 Å². The summed E-state index contributed by atoms with van der Waals surface area (Å²) in [5.41, 5.74) is 0.389. The van der Waals surface area contributed by atoms with Crippen molar-refractivity contribution in [3.05, 3.63) is 52.7 Å². The van der Waals surface area contributed by atoms with Crippen LogP contribution in [0.15, 0.2) is 41.5 Å². The van der Waals surface area contributed by atoms with Crippen LogP contribution in [0.3, 0.4) is 0 Å². The number of benzene rings is 1. The maximum atomic E-state index is 12.7. The minimum Gasteiger partial charge on any atom is -0.338 e. The van der Waals surface area contributed by atoms with E-state index in [-0.39, 0.29) is 30.8 Å². The van der Waals surface area contributed by atoms with E-state index < -0.39 is 18.0 Å². The first-order chi connectivity index (χ1) is 10.9. The zero-order chi connectivity index (χ0) is 16.6. The predicted octanol–water partition coefficient (Wildman–Crippen LogP) is 2.19. The highest BCUT2D eigenvalue weighted by molar-refractivity contribution is 5.95. The van der Waals surface area contributed by atoms with E-state index in [0.29, 0.717) is 5.69 Å². The Bertz CT molecular complexity index is 779. The molecule has 0 spiro atoms. The number of likely N-dealkylation sites (tertiary alicyclic amines) is 1. The van der Waals surface area contributed by atoms with Crippen LogP contribution in [0.25, 0.3) is 5.69 Å². The number of aromatic amines is 1. The molecular weight excluding hydrogens is 311 g/mol. The number of hydrogen-bond donors (Lipinski definition) is 1. The van der Waals surface area contributed by atoms with Crippen LogP contribution in [0, 0.1) is 5.92 Å². The van der Waals surface area contributed by atoms with Crippen molar-refractivity contribution < 1.29 is 18.0 Å². The SMILES string of the molecule is O=C(c1cccc(-n2cc[nH]c2=O)c1)N1CCC(C(F)(F)F)C1. The average Bonchev–Trinajstić information content (AvgIpc) is 3.15. The molecule has 1 amide bonds. The normalized spacial score (nSPS) is 18.4. The number of halogens is 3. The standard InChI is InChI=1S/C15H14F3N3O2/c16-15(17,18)11-4-6-20(9-11)13(22)10-2-1-3-12(8-10)21-7-5-19-14(21)23/h1-3,5,7-8,11H,4,6,9H2,(H,19,23). The van der Waals surface area contributed by atoms with Gasteiger partial charge in [0.1, 0.15) is 0 Å². The molecule has 1 aromatic heterocycles. The number of amides is 1. The lowest BCUT2D eigenvalue weighted by Gasteiger charge is -2.18. The Hall–Kier alpha value is -2.51. The van der Waals surface area contributed by atoms with E-state index >= 15 is 0 Å². The van der Waals surface area contributed by atoms with Crippen molar-refractivity contribution in [3.63, 3.8) is 0 Å². The van der Waals surface area contributed by atoms with Crippen LogP contribution >= 0.6 is 0 Å². The lowest BCUT2D eigenvalue weighted by Crippen LogP contribution is -2.32. The molecular formula is C15H14F3N3O2. The zero-order valence-electron chi connectivity index (χ0n) is 12.0. The van der Waals surface area contributed by atoms with Gasteiger partial charge in [0.2, 0.25) is 0 Å². The van der Waals surface area contributed by atoms with Gasteiger partial charge in [0.25, 0.3) is 5.91 Å². The number of imidazole rings is 1. The maximum absolute atomic E-state index is 12.7. The first-order valence-electron chi connectivity index (χ1n) is 7.09. The zero-order valence-corrected chi connectivity index (χ0v) is 12.0. The molecule has 0 saturated carbocycles. The summed E-state index contributed by atoms with van der Waals surface area (Å²) in [5, 5.41) is 0. The molecule has 0 bridgehead atoms. The molecule has 3 rings (SSSR count). The molecule has 1 N–H and O–H groups in total. The third-order valence-electron chi connectivity index (χ3n) is 3.96. The molecule has 23 heavy (non-hydrogen) atoms. The Kier molecular flexibility index (Phi) is 3.75. The Morgan fingerprint density at radius 1 is 1.30 bits per heavy atom. The monoisotopic (exact) mass is 325 g/mol. The van der Waals surface area contributed by atoms with Crippen molar-refractivity contribution in [1.29, 1.82) is 0 Å². The van der Waals surface area contributed by atoms with Gasteiger partial charge in [0.05, 0.1) is 11.6 Å². The Morgan fingerprint density at radius 2 is 2.09 bits per heavy atom. The van der Waals surface area contributed by atoms with Crippen LogP contribution in [0.2, 0.25) is 0 Å². The van der Waals surface area contributed by atoms with Gasteiger partial charge < -0.3 is 9.88 Å². The third kappa shape index (κ3) is 3.01. The summed E-state index contributed by atoms with van der Waals surface area (Å²) in [5.74, 6) is -1.93. The molecule has 1 unspecified atom stereocenters. The molecule has 1 aliphatic heterocycles. The van der Waals surface area contributed by atoms with Crippen molar-refractivity contribution in [2.75, 3.05) is 13.1 Å². The Labute approximate surface area is 129 Å². The first kappa shape index (κ1) is 15.4. The summed E-state index contributed by atoms with van der Waals surface area (Å²) in [6.45, 7) is -0.242. The summed E-state index contributed by atoms with van der Waals surface area (Å²) < 4.78 is 39.5.